The predicted octanol–water partition coefficient (Wildman–Crippen LogP) is 4.46. The monoisotopic (exact) mass is 447 g/mol. The van der Waals surface area contributed by atoms with Crippen LogP contribution in [-0.4, -0.2) is 40.8 Å². The van der Waals surface area contributed by atoms with E-state index in [-0.39, 0.29) is 30.4 Å². The lowest BCUT2D eigenvalue weighted by atomic mass is 9.94. The fourth-order valence-electron chi connectivity index (χ4n) is 4.10. The quantitative estimate of drug-likeness (QED) is 0.691. The Morgan fingerprint density at radius 3 is 2.37 bits per heavy atom. The summed E-state index contributed by atoms with van der Waals surface area (Å²) in [6.07, 6.45) is -3.44. The maximum atomic E-state index is 14.8. The first-order chi connectivity index (χ1) is 13.5. The van der Waals surface area contributed by atoms with Gasteiger partial charge in [0.1, 0.15) is 11.6 Å². The average molecular weight is 448 g/mol. The van der Waals surface area contributed by atoms with Gasteiger partial charge < -0.3 is 4.90 Å². The second-order valence-electron chi connectivity index (χ2n) is 7.62. The molecule has 1 unspecified atom stereocenters. The first-order valence-electron chi connectivity index (χ1n) is 9.07. The molecule has 0 saturated carbocycles. The van der Waals surface area contributed by atoms with Crippen LogP contribution in [0.25, 0.3) is 11.1 Å². The van der Waals surface area contributed by atoms with Crippen LogP contribution in [0.2, 0.25) is 0 Å². The number of aromatic nitrogens is 1. The Morgan fingerprint density at radius 1 is 1.13 bits per heavy atom. The summed E-state index contributed by atoms with van der Waals surface area (Å²) < 4.78 is 67.9. The van der Waals surface area contributed by atoms with Crippen LogP contribution in [0.3, 0.4) is 0 Å². The van der Waals surface area contributed by atoms with E-state index in [9.17, 15) is 26.7 Å². The molecule has 2 fully saturated rings. The summed E-state index contributed by atoms with van der Waals surface area (Å²) in [5.74, 6) is -3.55. The number of pyridine rings is 1. The van der Waals surface area contributed by atoms with Gasteiger partial charge in [-0.05, 0) is 41.8 Å². The van der Waals surface area contributed by atoms with E-state index >= 15 is 0 Å². The second kappa shape index (κ2) is 7.46. The lowest BCUT2D eigenvalue weighted by molar-refractivity contribution is -0.137. The third-order valence-electron chi connectivity index (χ3n) is 5.63. The minimum Gasteiger partial charge on any atom is -0.344 e. The molecular formula is C20H19ClF5N3O. The maximum absolute atomic E-state index is 14.8. The molecule has 1 aromatic heterocycles. The van der Waals surface area contributed by atoms with E-state index in [1.165, 1.54) is 29.3 Å². The van der Waals surface area contributed by atoms with Crippen LogP contribution in [0.1, 0.15) is 30.1 Å². The summed E-state index contributed by atoms with van der Waals surface area (Å²) >= 11 is 0. The van der Waals surface area contributed by atoms with Crippen LogP contribution in [-0.2, 0) is 11.0 Å². The third-order valence-corrected chi connectivity index (χ3v) is 5.63. The van der Waals surface area contributed by atoms with E-state index < -0.39 is 35.7 Å². The Labute approximate surface area is 175 Å². The zero-order valence-corrected chi connectivity index (χ0v) is 16.7. The smallest absolute Gasteiger partial charge is 0.344 e. The Kier molecular flexibility index (Phi) is 5.57. The number of likely N-dealkylation sites (tertiary alicyclic amines) is 1. The van der Waals surface area contributed by atoms with Gasteiger partial charge in [0.05, 0.1) is 11.3 Å². The molecule has 4 rings (SSSR count). The van der Waals surface area contributed by atoms with Crippen molar-refractivity contribution in [2.45, 2.75) is 36.5 Å². The van der Waals surface area contributed by atoms with Crippen LogP contribution >= 0.6 is 12.4 Å². The van der Waals surface area contributed by atoms with Crippen molar-refractivity contribution in [3.05, 3.63) is 53.9 Å². The number of rotatable bonds is 2. The molecule has 1 aromatic carbocycles. The third kappa shape index (κ3) is 3.76. The van der Waals surface area contributed by atoms with Gasteiger partial charge in [0, 0.05) is 26.2 Å². The maximum Gasteiger partial charge on any atom is 0.416 e. The number of hydrogen-bond acceptors (Lipinski definition) is 3. The van der Waals surface area contributed by atoms with Crippen molar-refractivity contribution in [3.8, 4) is 11.1 Å². The standard InChI is InChI=1S/C20H18F5N3O.ClH/c1-28-9-7-18(17(28)29)11-19(21,22)16(27-18)15-10-13(6-8-26-15)12-2-4-14(5-3-12)20(23,24)25;/h2-6,8,10,16,27H,7,9,11H2,1H3;1H/t16?,18-;/m1./s1. The molecule has 1 amide bonds. The zero-order chi connectivity index (χ0) is 21.0. The predicted molar refractivity (Wildman–Crippen MR) is 102 cm³/mol. The van der Waals surface area contributed by atoms with Crippen LogP contribution in [0.15, 0.2) is 42.6 Å². The molecule has 30 heavy (non-hydrogen) atoms. The molecule has 0 aliphatic carbocycles. The summed E-state index contributed by atoms with van der Waals surface area (Å²) in [5.41, 5.74) is -1.13. The first-order valence-corrected chi connectivity index (χ1v) is 9.07. The van der Waals surface area contributed by atoms with E-state index in [0.29, 0.717) is 17.7 Å². The molecule has 2 aromatic rings. The van der Waals surface area contributed by atoms with Crippen LogP contribution in [0, 0.1) is 0 Å². The first kappa shape index (κ1) is 22.4. The van der Waals surface area contributed by atoms with Gasteiger partial charge in [-0.15, -0.1) is 12.4 Å². The molecule has 2 saturated heterocycles. The molecule has 2 aliphatic heterocycles. The van der Waals surface area contributed by atoms with E-state index in [1.807, 2.05) is 0 Å². The number of halogens is 6. The van der Waals surface area contributed by atoms with Crippen LogP contribution in [0.4, 0.5) is 22.0 Å². The molecule has 0 radical (unpaired) electrons. The highest BCUT2D eigenvalue weighted by molar-refractivity contribution is 5.89. The fourth-order valence-corrected chi connectivity index (χ4v) is 4.10. The number of carbonyl (C=O) groups excluding carboxylic acids is 1. The van der Waals surface area contributed by atoms with Crippen LogP contribution < -0.4 is 5.32 Å². The number of nitrogens with zero attached hydrogens (tertiary/aromatic N) is 2. The van der Waals surface area contributed by atoms with Crippen molar-refractivity contribution in [1.29, 1.82) is 0 Å². The summed E-state index contributed by atoms with van der Waals surface area (Å²) in [4.78, 5) is 17.9. The van der Waals surface area contributed by atoms with Gasteiger partial charge in [0.2, 0.25) is 5.91 Å². The molecule has 2 aliphatic rings. The fraction of sp³-hybridized carbons (Fsp3) is 0.400. The minimum absolute atomic E-state index is 0. The molecule has 1 spiro atoms. The average Bonchev–Trinajstić information content (AvgIpc) is 3.11. The summed E-state index contributed by atoms with van der Waals surface area (Å²) in [6.45, 7) is 0.396. The highest BCUT2D eigenvalue weighted by Crippen LogP contribution is 2.48. The van der Waals surface area contributed by atoms with Gasteiger partial charge in [0.25, 0.3) is 5.92 Å². The van der Waals surface area contributed by atoms with E-state index in [0.717, 1.165) is 12.1 Å². The van der Waals surface area contributed by atoms with Crippen molar-refractivity contribution in [2.24, 2.45) is 0 Å². The summed E-state index contributed by atoms with van der Waals surface area (Å²) in [6, 6.07) is 5.99. The Hall–Kier alpha value is -2.26. The van der Waals surface area contributed by atoms with Crippen molar-refractivity contribution in [3.63, 3.8) is 0 Å². The molecule has 1 N–H and O–H groups in total. The van der Waals surface area contributed by atoms with Gasteiger partial charge in [0.15, 0.2) is 0 Å². The molecular weight excluding hydrogens is 429 g/mol. The number of nitrogens with one attached hydrogen (secondary N) is 1. The van der Waals surface area contributed by atoms with Crippen molar-refractivity contribution in [2.75, 3.05) is 13.6 Å². The van der Waals surface area contributed by atoms with Gasteiger partial charge in [-0.2, -0.15) is 13.2 Å². The number of likely N-dealkylation sites (N-methyl/N-ethyl adjacent to an activating group) is 1. The SMILES string of the molecule is CN1CC[C@@]2(CC(F)(F)C(c3cc(-c4ccc(C(F)(F)F)cc4)ccn3)N2)C1=O.Cl. The Balaban J connectivity index is 0.00000256. The molecule has 0 bridgehead atoms. The lowest BCUT2D eigenvalue weighted by Gasteiger charge is -2.22. The molecule has 2 atom stereocenters. The van der Waals surface area contributed by atoms with Crippen molar-refractivity contribution >= 4 is 18.3 Å². The number of carbonyl (C=O) groups is 1. The van der Waals surface area contributed by atoms with E-state index in [4.69, 9.17) is 0 Å². The normalized spacial score (nSPS) is 25.6. The van der Waals surface area contributed by atoms with Gasteiger partial charge in [-0.25, -0.2) is 8.78 Å². The number of alkyl halides is 5. The minimum atomic E-state index is -4.45. The molecule has 4 nitrogen and oxygen atoms in total. The highest BCUT2D eigenvalue weighted by Gasteiger charge is 2.62. The van der Waals surface area contributed by atoms with Crippen LogP contribution in [0.5, 0.6) is 0 Å². The van der Waals surface area contributed by atoms with Crippen molar-refractivity contribution < 1.29 is 26.7 Å². The number of benzene rings is 1. The second-order valence-corrected chi connectivity index (χ2v) is 7.62. The molecule has 162 valence electrons. The van der Waals surface area contributed by atoms with Crippen molar-refractivity contribution in [1.82, 2.24) is 15.2 Å². The number of hydrogen-bond donors (Lipinski definition) is 1. The van der Waals surface area contributed by atoms with Gasteiger partial charge in [-0.3, -0.25) is 15.1 Å². The lowest BCUT2D eigenvalue weighted by Crippen LogP contribution is -2.47. The highest BCUT2D eigenvalue weighted by atomic mass is 35.5. The Bertz CT molecular complexity index is 950. The van der Waals surface area contributed by atoms with Gasteiger partial charge in [-0.1, -0.05) is 12.1 Å². The summed E-state index contributed by atoms with van der Waals surface area (Å²) in [7, 11) is 1.58. The number of amides is 1. The molecule has 10 heteroatoms. The van der Waals surface area contributed by atoms with E-state index in [2.05, 4.69) is 10.3 Å². The summed E-state index contributed by atoms with van der Waals surface area (Å²) in [5, 5.41) is 2.81. The van der Waals surface area contributed by atoms with E-state index in [1.54, 1.807) is 13.1 Å². The Morgan fingerprint density at radius 2 is 1.80 bits per heavy atom. The molecule has 3 heterocycles. The topological polar surface area (TPSA) is 45.2 Å². The zero-order valence-electron chi connectivity index (χ0n) is 15.8. The van der Waals surface area contributed by atoms with Gasteiger partial charge >= 0.3 is 6.18 Å². The largest absolute Gasteiger partial charge is 0.416 e.